The van der Waals surface area contributed by atoms with E-state index in [1.807, 2.05) is 60.7 Å². The molecule has 1 atom stereocenters. The Morgan fingerprint density at radius 2 is 1.64 bits per heavy atom. The molecule has 5 aromatic rings. The fraction of sp³-hybridized carbons (Fsp3) is 0.212. The first-order chi connectivity index (χ1) is 18.9. The maximum atomic E-state index is 14.2. The first kappa shape index (κ1) is 24.7. The number of carbonyl (C=O) groups is 1. The summed E-state index contributed by atoms with van der Waals surface area (Å²) in [5.41, 5.74) is 9.31. The van der Waals surface area contributed by atoms with Crippen molar-refractivity contribution < 1.29 is 4.79 Å². The summed E-state index contributed by atoms with van der Waals surface area (Å²) in [7, 11) is 0. The molecule has 1 unspecified atom stereocenters. The molecule has 0 fully saturated rings. The molecule has 0 radical (unpaired) electrons. The van der Waals surface area contributed by atoms with Crippen LogP contribution in [0.2, 0.25) is 0 Å². The molecule has 2 aromatic heterocycles. The normalized spacial score (nSPS) is 14.5. The van der Waals surface area contributed by atoms with Gasteiger partial charge in [-0.3, -0.25) is 0 Å². The van der Waals surface area contributed by atoms with E-state index in [-0.39, 0.29) is 12.1 Å². The molecule has 2 amide bonds. The number of nitrogens with zero attached hydrogens (tertiary/aromatic N) is 4. The van der Waals surface area contributed by atoms with Gasteiger partial charge in [-0.2, -0.15) is 5.10 Å². The number of carbonyl (C=O) groups excluding carboxylic acids is 1. The standard InChI is InChI=1S/C33H33N5O/c1-5-25-13-15-26(16-14-25)31-30-12-9-17-36(30)32-29(24(4)35-38(32)28-10-7-6-8-11-28)21-37(31)33(39)34-27-19-22(2)18-23(3)20-27/h6-20,31H,5,21H2,1-4H3,(H,34,39). The zero-order chi connectivity index (χ0) is 27.1. The lowest BCUT2D eigenvalue weighted by atomic mass is 9.99. The van der Waals surface area contributed by atoms with Crippen LogP contribution in [-0.2, 0) is 13.0 Å². The molecule has 1 aliphatic rings. The largest absolute Gasteiger partial charge is 0.322 e. The Morgan fingerprint density at radius 1 is 0.923 bits per heavy atom. The average Bonchev–Trinajstić information content (AvgIpc) is 3.49. The van der Waals surface area contributed by atoms with Gasteiger partial charge in [0, 0.05) is 17.4 Å². The highest BCUT2D eigenvalue weighted by atomic mass is 16.2. The van der Waals surface area contributed by atoms with Gasteiger partial charge in [-0.15, -0.1) is 0 Å². The molecule has 0 saturated carbocycles. The third-order valence-electron chi connectivity index (χ3n) is 7.52. The molecule has 3 heterocycles. The number of anilines is 1. The number of aryl methyl sites for hydroxylation is 4. The van der Waals surface area contributed by atoms with Crippen LogP contribution in [0.3, 0.4) is 0 Å². The summed E-state index contributed by atoms with van der Waals surface area (Å²) in [6.45, 7) is 8.70. The Kier molecular flexibility index (Phi) is 6.31. The highest BCUT2D eigenvalue weighted by molar-refractivity contribution is 5.90. The van der Waals surface area contributed by atoms with Crippen LogP contribution in [0.5, 0.6) is 0 Å². The number of amides is 2. The van der Waals surface area contributed by atoms with Crippen LogP contribution < -0.4 is 5.32 Å². The molecule has 196 valence electrons. The van der Waals surface area contributed by atoms with E-state index in [1.54, 1.807) is 0 Å². The lowest BCUT2D eigenvalue weighted by molar-refractivity contribution is 0.194. The molecule has 0 saturated heterocycles. The number of rotatable bonds is 4. The Labute approximate surface area is 229 Å². The second kappa shape index (κ2) is 9.95. The summed E-state index contributed by atoms with van der Waals surface area (Å²) >= 11 is 0. The van der Waals surface area contributed by atoms with Crippen LogP contribution in [0.1, 0.15) is 52.2 Å². The summed E-state index contributed by atoms with van der Waals surface area (Å²) in [5, 5.41) is 8.15. The summed E-state index contributed by atoms with van der Waals surface area (Å²) in [4.78, 5) is 16.1. The maximum absolute atomic E-state index is 14.2. The van der Waals surface area contributed by atoms with Gasteiger partial charge in [0.05, 0.1) is 29.7 Å². The number of hydrogen-bond acceptors (Lipinski definition) is 2. The van der Waals surface area contributed by atoms with Gasteiger partial charge in [-0.05, 0) is 85.8 Å². The average molecular weight is 516 g/mol. The van der Waals surface area contributed by atoms with Crippen LogP contribution in [0, 0.1) is 20.8 Å². The Morgan fingerprint density at radius 3 is 2.33 bits per heavy atom. The number of hydrogen-bond donors (Lipinski definition) is 1. The zero-order valence-corrected chi connectivity index (χ0v) is 22.8. The fourth-order valence-corrected chi connectivity index (χ4v) is 5.68. The topological polar surface area (TPSA) is 55.1 Å². The smallest absolute Gasteiger partial charge is 0.308 e. The van der Waals surface area contributed by atoms with Crippen LogP contribution >= 0.6 is 0 Å². The van der Waals surface area contributed by atoms with Crippen molar-refractivity contribution in [2.75, 3.05) is 5.32 Å². The fourth-order valence-electron chi connectivity index (χ4n) is 5.68. The van der Waals surface area contributed by atoms with Gasteiger partial charge in [0.1, 0.15) is 5.82 Å². The lowest BCUT2D eigenvalue weighted by Crippen LogP contribution is -2.38. The molecular formula is C33H33N5O. The highest BCUT2D eigenvalue weighted by Gasteiger charge is 2.36. The number of para-hydroxylation sites is 1. The van der Waals surface area contributed by atoms with Crippen LogP contribution in [0.4, 0.5) is 10.5 Å². The SMILES string of the molecule is CCc1ccc(C2c3cccn3-c3c(c(C)nn3-c3ccccc3)CN2C(=O)Nc2cc(C)cc(C)c2)cc1. The molecule has 39 heavy (non-hydrogen) atoms. The van der Waals surface area contributed by atoms with Crippen molar-refractivity contribution in [2.24, 2.45) is 0 Å². The summed E-state index contributed by atoms with van der Waals surface area (Å²) < 4.78 is 4.20. The summed E-state index contributed by atoms with van der Waals surface area (Å²) in [5.74, 6) is 0.968. The molecule has 1 N–H and O–H groups in total. The number of nitrogens with one attached hydrogen (secondary N) is 1. The van der Waals surface area contributed by atoms with Gasteiger partial charge >= 0.3 is 6.03 Å². The minimum atomic E-state index is -0.284. The van der Waals surface area contributed by atoms with E-state index in [1.165, 1.54) is 5.56 Å². The summed E-state index contributed by atoms with van der Waals surface area (Å²) in [6, 6.07) is 28.7. The van der Waals surface area contributed by atoms with E-state index in [0.29, 0.717) is 6.54 Å². The van der Waals surface area contributed by atoms with Crippen molar-refractivity contribution in [3.05, 3.63) is 130 Å². The molecular weight excluding hydrogens is 482 g/mol. The molecule has 0 aliphatic carbocycles. The van der Waals surface area contributed by atoms with E-state index in [4.69, 9.17) is 5.10 Å². The zero-order valence-electron chi connectivity index (χ0n) is 22.8. The monoisotopic (exact) mass is 515 g/mol. The summed E-state index contributed by atoms with van der Waals surface area (Å²) in [6.07, 6.45) is 3.04. The Hall–Kier alpha value is -4.58. The van der Waals surface area contributed by atoms with Crippen molar-refractivity contribution in [3.63, 3.8) is 0 Å². The Balaban J connectivity index is 1.52. The van der Waals surface area contributed by atoms with Crippen LogP contribution in [0.15, 0.2) is 91.1 Å². The van der Waals surface area contributed by atoms with Gasteiger partial charge < -0.3 is 14.8 Å². The van der Waals surface area contributed by atoms with E-state index in [9.17, 15) is 4.79 Å². The third-order valence-corrected chi connectivity index (χ3v) is 7.52. The lowest BCUT2D eigenvalue weighted by Gasteiger charge is -2.31. The van der Waals surface area contributed by atoms with Crippen molar-refractivity contribution in [1.82, 2.24) is 19.2 Å². The van der Waals surface area contributed by atoms with E-state index < -0.39 is 0 Å². The first-order valence-electron chi connectivity index (χ1n) is 13.5. The van der Waals surface area contributed by atoms with Crippen LogP contribution in [-0.4, -0.2) is 25.3 Å². The third kappa shape index (κ3) is 4.52. The molecule has 1 aliphatic heterocycles. The predicted octanol–water partition coefficient (Wildman–Crippen LogP) is 7.29. The van der Waals surface area contributed by atoms with E-state index in [0.717, 1.165) is 57.3 Å². The van der Waals surface area contributed by atoms with Gasteiger partial charge in [-0.25, -0.2) is 9.48 Å². The van der Waals surface area contributed by atoms with Gasteiger partial charge in [0.15, 0.2) is 0 Å². The van der Waals surface area contributed by atoms with Gasteiger partial charge in [0.25, 0.3) is 0 Å². The second-order valence-electron chi connectivity index (χ2n) is 10.4. The maximum Gasteiger partial charge on any atom is 0.322 e. The van der Waals surface area contributed by atoms with Gasteiger partial charge in [0.2, 0.25) is 0 Å². The molecule has 0 spiro atoms. The number of fused-ring (bicyclic) bond motifs is 3. The van der Waals surface area contributed by atoms with Crippen molar-refractivity contribution in [1.29, 1.82) is 0 Å². The van der Waals surface area contributed by atoms with Crippen molar-refractivity contribution >= 4 is 11.7 Å². The Bertz CT molecular complexity index is 1630. The minimum Gasteiger partial charge on any atom is -0.308 e. The quantitative estimate of drug-likeness (QED) is 0.273. The molecule has 0 bridgehead atoms. The highest BCUT2D eigenvalue weighted by Crippen LogP contribution is 2.39. The molecule has 6 rings (SSSR count). The van der Waals surface area contributed by atoms with Crippen molar-refractivity contribution in [3.8, 4) is 11.5 Å². The van der Waals surface area contributed by atoms with Gasteiger partial charge in [-0.1, -0.05) is 55.5 Å². The second-order valence-corrected chi connectivity index (χ2v) is 10.4. The van der Waals surface area contributed by atoms with Crippen LogP contribution in [0.25, 0.3) is 11.5 Å². The molecule has 3 aromatic carbocycles. The molecule has 6 heteroatoms. The van der Waals surface area contributed by atoms with E-state index in [2.05, 4.69) is 77.6 Å². The first-order valence-corrected chi connectivity index (χ1v) is 13.5. The number of benzene rings is 3. The van der Waals surface area contributed by atoms with Crippen molar-refractivity contribution in [2.45, 2.75) is 46.7 Å². The van der Waals surface area contributed by atoms with E-state index >= 15 is 0 Å². The minimum absolute atomic E-state index is 0.142. The number of aromatic nitrogens is 3. The molecule has 6 nitrogen and oxygen atoms in total. The number of urea groups is 1. The predicted molar refractivity (Wildman–Crippen MR) is 156 cm³/mol.